The number of amides is 2. The fourth-order valence-corrected chi connectivity index (χ4v) is 3.82. The molecule has 0 unspecified atom stereocenters. The maximum atomic E-state index is 12.6. The SMILES string of the molecule is O=C(NCc1cccnc1)[C@@H]1C[C@@]12CCN(C(=O)c1ccccc1)C2. The Morgan fingerprint density at radius 3 is 2.80 bits per heavy atom. The van der Waals surface area contributed by atoms with Gasteiger partial charge in [-0.25, -0.2) is 0 Å². The van der Waals surface area contributed by atoms with Crippen molar-refractivity contribution < 1.29 is 9.59 Å². The maximum Gasteiger partial charge on any atom is 0.253 e. The predicted octanol–water partition coefficient (Wildman–Crippen LogP) is 2.25. The summed E-state index contributed by atoms with van der Waals surface area (Å²) < 4.78 is 0. The zero-order valence-corrected chi connectivity index (χ0v) is 14.0. The molecular formula is C20H21N3O2. The van der Waals surface area contributed by atoms with Gasteiger partial charge in [-0.2, -0.15) is 0 Å². The molecule has 2 atom stereocenters. The summed E-state index contributed by atoms with van der Waals surface area (Å²) in [5, 5.41) is 3.01. The van der Waals surface area contributed by atoms with Gasteiger partial charge in [0.2, 0.25) is 5.91 Å². The smallest absolute Gasteiger partial charge is 0.253 e. The highest BCUT2D eigenvalue weighted by molar-refractivity contribution is 5.94. The highest BCUT2D eigenvalue weighted by Gasteiger charge is 2.61. The lowest BCUT2D eigenvalue weighted by atomic mass is 10.0. The highest BCUT2D eigenvalue weighted by Crippen LogP contribution is 2.58. The van der Waals surface area contributed by atoms with E-state index in [1.54, 1.807) is 12.4 Å². The molecule has 1 spiro atoms. The van der Waals surface area contributed by atoms with Crippen LogP contribution in [0.3, 0.4) is 0 Å². The molecule has 2 heterocycles. The molecule has 2 aliphatic rings. The molecule has 25 heavy (non-hydrogen) atoms. The van der Waals surface area contributed by atoms with Crippen molar-refractivity contribution in [3.63, 3.8) is 0 Å². The number of hydrogen-bond acceptors (Lipinski definition) is 3. The van der Waals surface area contributed by atoms with Crippen LogP contribution in [-0.2, 0) is 11.3 Å². The van der Waals surface area contributed by atoms with Crippen molar-refractivity contribution in [2.24, 2.45) is 11.3 Å². The molecule has 1 aliphatic heterocycles. The van der Waals surface area contributed by atoms with Gasteiger partial charge in [-0.05, 0) is 36.6 Å². The number of carbonyl (C=O) groups is 2. The number of carbonyl (C=O) groups excluding carboxylic acids is 2. The second-order valence-electron chi connectivity index (χ2n) is 7.04. The summed E-state index contributed by atoms with van der Waals surface area (Å²) in [6.07, 6.45) is 5.28. The van der Waals surface area contributed by atoms with Crippen molar-refractivity contribution in [2.45, 2.75) is 19.4 Å². The Morgan fingerprint density at radius 2 is 2.04 bits per heavy atom. The molecule has 0 bridgehead atoms. The molecular weight excluding hydrogens is 314 g/mol. The Morgan fingerprint density at radius 1 is 1.20 bits per heavy atom. The topological polar surface area (TPSA) is 62.3 Å². The quantitative estimate of drug-likeness (QED) is 0.932. The summed E-state index contributed by atoms with van der Waals surface area (Å²) in [5.74, 6) is 0.189. The van der Waals surface area contributed by atoms with Gasteiger partial charge in [0.1, 0.15) is 0 Å². The van der Waals surface area contributed by atoms with Gasteiger partial charge in [0.15, 0.2) is 0 Å². The van der Waals surface area contributed by atoms with Gasteiger partial charge in [0, 0.05) is 48.9 Å². The first-order valence-corrected chi connectivity index (χ1v) is 8.69. The summed E-state index contributed by atoms with van der Waals surface area (Å²) in [6.45, 7) is 1.93. The zero-order chi connectivity index (χ0) is 17.3. The Balaban J connectivity index is 1.33. The van der Waals surface area contributed by atoms with E-state index in [-0.39, 0.29) is 23.1 Å². The van der Waals surface area contributed by atoms with Gasteiger partial charge in [-0.3, -0.25) is 14.6 Å². The molecule has 5 heteroatoms. The average molecular weight is 335 g/mol. The van der Waals surface area contributed by atoms with E-state index in [1.165, 1.54) is 0 Å². The zero-order valence-electron chi connectivity index (χ0n) is 14.0. The number of benzene rings is 1. The van der Waals surface area contributed by atoms with E-state index in [0.717, 1.165) is 30.5 Å². The fraction of sp³-hybridized carbons (Fsp3) is 0.350. The van der Waals surface area contributed by atoms with Crippen molar-refractivity contribution in [3.05, 3.63) is 66.0 Å². The van der Waals surface area contributed by atoms with Crippen LogP contribution in [0.15, 0.2) is 54.9 Å². The van der Waals surface area contributed by atoms with Crippen LogP contribution in [0.25, 0.3) is 0 Å². The molecule has 1 saturated heterocycles. The minimum absolute atomic E-state index is 0.0105. The van der Waals surface area contributed by atoms with Gasteiger partial charge < -0.3 is 10.2 Å². The van der Waals surface area contributed by atoms with Crippen LogP contribution in [-0.4, -0.2) is 34.8 Å². The van der Waals surface area contributed by atoms with Crippen molar-refractivity contribution in [2.75, 3.05) is 13.1 Å². The molecule has 1 saturated carbocycles. The molecule has 1 aromatic heterocycles. The third-order valence-corrected chi connectivity index (χ3v) is 5.39. The number of aromatic nitrogens is 1. The third-order valence-electron chi connectivity index (χ3n) is 5.39. The predicted molar refractivity (Wildman–Crippen MR) is 93.6 cm³/mol. The first kappa shape index (κ1) is 15.8. The van der Waals surface area contributed by atoms with Crippen LogP contribution >= 0.6 is 0 Å². The number of nitrogens with one attached hydrogen (secondary N) is 1. The molecule has 1 aliphatic carbocycles. The van der Waals surface area contributed by atoms with E-state index >= 15 is 0 Å². The summed E-state index contributed by atoms with van der Waals surface area (Å²) in [6, 6.07) is 13.2. The van der Waals surface area contributed by atoms with Gasteiger partial charge >= 0.3 is 0 Å². The molecule has 2 amide bonds. The molecule has 2 aromatic rings. The first-order valence-electron chi connectivity index (χ1n) is 8.69. The molecule has 1 aromatic carbocycles. The van der Waals surface area contributed by atoms with Gasteiger partial charge in [-0.15, -0.1) is 0 Å². The van der Waals surface area contributed by atoms with Gasteiger partial charge in [0.25, 0.3) is 5.91 Å². The van der Waals surface area contributed by atoms with Crippen molar-refractivity contribution in [1.29, 1.82) is 0 Å². The second-order valence-corrected chi connectivity index (χ2v) is 7.04. The first-order chi connectivity index (χ1) is 12.2. The van der Waals surface area contributed by atoms with Crippen LogP contribution < -0.4 is 5.32 Å². The lowest BCUT2D eigenvalue weighted by molar-refractivity contribution is -0.123. The monoisotopic (exact) mass is 335 g/mol. The number of rotatable bonds is 4. The van der Waals surface area contributed by atoms with Crippen molar-refractivity contribution >= 4 is 11.8 Å². The largest absolute Gasteiger partial charge is 0.352 e. The molecule has 5 nitrogen and oxygen atoms in total. The Labute approximate surface area is 147 Å². The summed E-state index contributed by atoms with van der Waals surface area (Å²) in [7, 11) is 0. The Bertz CT molecular complexity index is 778. The van der Waals surface area contributed by atoms with E-state index < -0.39 is 0 Å². The molecule has 1 N–H and O–H groups in total. The summed E-state index contributed by atoms with van der Waals surface area (Å²) >= 11 is 0. The van der Waals surface area contributed by atoms with Crippen LogP contribution in [0.5, 0.6) is 0 Å². The highest BCUT2D eigenvalue weighted by atomic mass is 16.2. The van der Waals surface area contributed by atoms with E-state index in [1.807, 2.05) is 47.4 Å². The van der Waals surface area contributed by atoms with Crippen LogP contribution in [0.1, 0.15) is 28.8 Å². The van der Waals surface area contributed by atoms with E-state index in [0.29, 0.717) is 13.1 Å². The third kappa shape index (κ3) is 3.14. The Hall–Kier alpha value is -2.69. The second kappa shape index (κ2) is 6.31. The lowest BCUT2D eigenvalue weighted by Gasteiger charge is -2.16. The number of likely N-dealkylation sites (tertiary alicyclic amines) is 1. The van der Waals surface area contributed by atoms with Crippen LogP contribution in [0, 0.1) is 11.3 Å². The minimum atomic E-state index is -0.0105. The van der Waals surface area contributed by atoms with Crippen molar-refractivity contribution in [3.8, 4) is 0 Å². The van der Waals surface area contributed by atoms with Crippen LogP contribution in [0.4, 0.5) is 0 Å². The van der Waals surface area contributed by atoms with Gasteiger partial charge in [-0.1, -0.05) is 24.3 Å². The Kier molecular flexibility index (Phi) is 3.99. The van der Waals surface area contributed by atoms with Gasteiger partial charge in [0.05, 0.1) is 0 Å². The van der Waals surface area contributed by atoms with E-state index in [9.17, 15) is 9.59 Å². The number of pyridine rings is 1. The van der Waals surface area contributed by atoms with Crippen molar-refractivity contribution in [1.82, 2.24) is 15.2 Å². The molecule has 128 valence electrons. The van der Waals surface area contributed by atoms with Crippen LogP contribution in [0.2, 0.25) is 0 Å². The molecule has 2 fully saturated rings. The van der Waals surface area contributed by atoms with E-state index in [2.05, 4.69) is 10.3 Å². The molecule has 4 rings (SSSR count). The number of nitrogens with zero attached hydrogens (tertiary/aromatic N) is 2. The van der Waals surface area contributed by atoms with E-state index in [4.69, 9.17) is 0 Å². The summed E-state index contributed by atoms with van der Waals surface area (Å²) in [4.78, 5) is 31.0. The normalized spacial score (nSPS) is 24.3. The summed E-state index contributed by atoms with van der Waals surface area (Å²) in [5.41, 5.74) is 1.71. The lowest BCUT2D eigenvalue weighted by Crippen LogP contribution is -2.31. The minimum Gasteiger partial charge on any atom is -0.352 e. The fourth-order valence-electron chi connectivity index (χ4n) is 3.82. The standard InChI is InChI=1S/C20H21N3O2/c24-18(22-13-15-5-4-9-21-12-15)17-11-20(17)8-10-23(14-20)19(25)16-6-2-1-3-7-16/h1-7,9,12,17H,8,10-11,13-14H2,(H,22,24)/t17-,20+/m0/s1. The average Bonchev–Trinajstić information content (AvgIpc) is 3.21. The number of hydrogen-bond donors (Lipinski definition) is 1. The molecule has 0 radical (unpaired) electrons. The maximum absolute atomic E-state index is 12.6.